The molecule has 0 bridgehead atoms. The van der Waals surface area contributed by atoms with Crippen molar-refractivity contribution in [2.45, 2.75) is 38.1 Å². The highest BCUT2D eigenvalue weighted by Crippen LogP contribution is 2.40. The van der Waals surface area contributed by atoms with Crippen molar-refractivity contribution in [1.29, 1.82) is 0 Å². The first-order valence-electron chi connectivity index (χ1n) is 5.95. The third-order valence-electron chi connectivity index (χ3n) is 3.62. The van der Waals surface area contributed by atoms with Gasteiger partial charge in [0.25, 0.3) is 9.05 Å². The van der Waals surface area contributed by atoms with E-state index in [4.69, 9.17) is 10.7 Å². The molecule has 0 spiro atoms. The zero-order valence-corrected chi connectivity index (χ0v) is 11.8. The average molecular weight is 276 g/mol. The van der Waals surface area contributed by atoms with Gasteiger partial charge in [0, 0.05) is 16.7 Å². The van der Waals surface area contributed by atoms with Crippen LogP contribution in [0.4, 0.5) is 0 Å². The third kappa shape index (κ3) is 2.59. The molecule has 2 aliphatic carbocycles. The highest BCUT2D eigenvalue weighted by atomic mass is 35.7. The molecule has 3 nitrogen and oxygen atoms in total. The fourth-order valence-corrected chi connectivity index (χ4v) is 4.22. The molecule has 2 rings (SSSR count). The van der Waals surface area contributed by atoms with Crippen molar-refractivity contribution in [3.63, 3.8) is 0 Å². The zero-order valence-electron chi connectivity index (χ0n) is 10.2. The molecule has 5 heteroatoms. The van der Waals surface area contributed by atoms with Gasteiger partial charge in [0.1, 0.15) is 0 Å². The normalized spacial score (nSPS) is 25.9. The van der Waals surface area contributed by atoms with Crippen LogP contribution in [-0.2, 0) is 9.05 Å². The molecule has 0 saturated carbocycles. The predicted molar refractivity (Wildman–Crippen MR) is 70.4 cm³/mol. The van der Waals surface area contributed by atoms with Gasteiger partial charge in [0.15, 0.2) is 0 Å². The Balaban J connectivity index is 2.45. The maximum atomic E-state index is 11.6. The van der Waals surface area contributed by atoms with E-state index < -0.39 is 9.05 Å². The Labute approximate surface area is 108 Å². The lowest BCUT2D eigenvalue weighted by Crippen LogP contribution is -2.34. The fraction of sp³-hybridized carbons (Fsp3) is 0.667. The van der Waals surface area contributed by atoms with Crippen molar-refractivity contribution in [2.75, 3.05) is 14.1 Å². The second kappa shape index (κ2) is 4.75. The lowest BCUT2D eigenvalue weighted by Gasteiger charge is -2.35. The largest absolute Gasteiger partial charge is 0.303 e. The van der Waals surface area contributed by atoms with Crippen molar-refractivity contribution in [2.24, 2.45) is 0 Å². The molecule has 0 radical (unpaired) electrons. The van der Waals surface area contributed by atoms with Crippen LogP contribution in [0.1, 0.15) is 32.1 Å². The number of nitrogens with zero attached hydrogens (tertiary/aromatic N) is 1. The van der Waals surface area contributed by atoms with Crippen molar-refractivity contribution in [1.82, 2.24) is 4.90 Å². The van der Waals surface area contributed by atoms with E-state index in [9.17, 15) is 8.42 Å². The Bertz CT molecular complexity index is 477. The topological polar surface area (TPSA) is 37.4 Å². The number of allylic oxidation sites excluding steroid dienone is 2. The lowest BCUT2D eigenvalue weighted by molar-refractivity contribution is 0.292. The summed E-state index contributed by atoms with van der Waals surface area (Å²) in [5, 5.41) is 0. The molecule has 0 aliphatic heterocycles. The summed E-state index contributed by atoms with van der Waals surface area (Å²) in [4.78, 5) is 2.55. The van der Waals surface area contributed by atoms with Crippen molar-refractivity contribution >= 4 is 19.7 Å². The van der Waals surface area contributed by atoms with Gasteiger partial charge in [-0.2, -0.15) is 0 Å². The third-order valence-corrected chi connectivity index (χ3v) is 5.06. The van der Waals surface area contributed by atoms with E-state index in [1.54, 1.807) is 6.08 Å². The Hall–Kier alpha value is -0.320. The molecule has 0 heterocycles. The molecule has 0 saturated heterocycles. The standard InChI is InChI=1S/C12H18ClNO2S/c1-14(2)11-7-3-6-10-9(11)5-4-8-12(10)17(13,15)16/h8,11H,3-7H2,1-2H3. The first-order chi connectivity index (χ1) is 7.91. The average Bonchev–Trinajstić information content (AvgIpc) is 2.26. The molecule has 1 atom stereocenters. The molecule has 0 aromatic carbocycles. The molecular weight excluding hydrogens is 258 g/mol. The van der Waals surface area contributed by atoms with Crippen molar-refractivity contribution in [3.05, 3.63) is 22.1 Å². The minimum absolute atomic E-state index is 0.368. The van der Waals surface area contributed by atoms with Crippen LogP contribution in [-0.4, -0.2) is 33.5 Å². The van der Waals surface area contributed by atoms with Gasteiger partial charge in [0.05, 0.1) is 4.91 Å². The first kappa shape index (κ1) is 13.1. The summed E-state index contributed by atoms with van der Waals surface area (Å²) in [7, 11) is 6.03. The maximum Gasteiger partial charge on any atom is 0.261 e. The first-order valence-corrected chi connectivity index (χ1v) is 8.25. The summed E-state index contributed by atoms with van der Waals surface area (Å²) in [5.41, 5.74) is 2.26. The summed E-state index contributed by atoms with van der Waals surface area (Å²) in [5.74, 6) is 0. The molecule has 17 heavy (non-hydrogen) atoms. The minimum atomic E-state index is -3.59. The van der Waals surface area contributed by atoms with Gasteiger partial charge in [-0.3, -0.25) is 0 Å². The SMILES string of the molecule is CN(C)C1CCCC2=C1CCC=C2S(=O)(=O)Cl. The second-order valence-corrected chi connectivity index (χ2v) is 7.45. The molecule has 0 amide bonds. The summed E-state index contributed by atoms with van der Waals surface area (Å²) >= 11 is 0. The van der Waals surface area contributed by atoms with Gasteiger partial charge in [-0.05, 0) is 57.3 Å². The van der Waals surface area contributed by atoms with Crippen LogP contribution in [0, 0.1) is 0 Å². The smallest absolute Gasteiger partial charge is 0.261 e. The fourth-order valence-electron chi connectivity index (χ4n) is 2.91. The van der Waals surface area contributed by atoms with Gasteiger partial charge >= 0.3 is 0 Å². The Morgan fingerprint density at radius 2 is 2.06 bits per heavy atom. The quantitative estimate of drug-likeness (QED) is 0.727. The van der Waals surface area contributed by atoms with Crippen LogP contribution in [0.3, 0.4) is 0 Å². The van der Waals surface area contributed by atoms with Gasteiger partial charge in [-0.25, -0.2) is 8.42 Å². The number of rotatable bonds is 2. The van der Waals surface area contributed by atoms with Gasteiger partial charge < -0.3 is 4.90 Å². The molecule has 96 valence electrons. The van der Waals surface area contributed by atoms with Crippen molar-refractivity contribution < 1.29 is 8.42 Å². The highest BCUT2D eigenvalue weighted by molar-refractivity contribution is 8.17. The van der Waals surface area contributed by atoms with E-state index in [1.807, 2.05) is 14.1 Å². The molecular formula is C12H18ClNO2S. The van der Waals surface area contributed by atoms with Gasteiger partial charge in [0.2, 0.25) is 0 Å². The summed E-state index contributed by atoms with van der Waals surface area (Å²) in [6.45, 7) is 0. The van der Waals surface area contributed by atoms with Crippen LogP contribution in [0.5, 0.6) is 0 Å². The highest BCUT2D eigenvalue weighted by Gasteiger charge is 2.31. The minimum Gasteiger partial charge on any atom is -0.303 e. The Morgan fingerprint density at radius 3 is 2.65 bits per heavy atom. The second-order valence-electron chi connectivity index (χ2n) is 4.92. The van der Waals surface area contributed by atoms with Crippen molar-refractivity contribution in [3.8, 4) is 0 Å². The predicted octanol–water partition coefficient (Wildman–Crippen LogP) is 2.64. The number of likely N-dealkylation sites (N-methyl/N-ethyl adjacent to an activating group) is 1. The van der Waals surface area contributed by atoms with E-state index in [0.717, 1.165) is 37.7 Å². The van der Waals surface area contributed by atoms with Crippen LogP contribution >= 0.6 is 10.7 Å². The van der Waals surface area contributed by atoms with E-state index in [1.165, 1.54) is 5.57 Å². The molecule has 0 aromatic rings. The van der Waals surface area contributed by atoms with Gasteiger partial charge in [-0.1, -0.05) is 6.08 Å². The zero-order chi connectivity index (χ0) is 12.6. The molecule has 0 fully saturated rings. The monoisotopic (exact) mass is 275 g/mol. The van der Waals surface area contributed by atoms with E-state index in [0.29, 0.717) is 10.9 Å². The van der Waals surface area contributed by atoms with Crippen LogP contribution < -0.4 is 0 Å². The molecule has 0 aromatic heterocycles. The molecule has 2 aliphatic rings. The van der Waals surface area contributed by atoms with Crippen LogP contribution in [0.15, 0.2) is 22.1 Å². The molecule has 0 N–H and O–H groups in total. The summed E-state index contributed by atoms with van der Waals surface area (Å²) in [6, 6.07) is 0.376. The van der Waals surface area contributed by atoms with E-state index in [2.05, 4.69) is 4.90 Å². The van der Waals surface area contributed by atoms with Crippen LogP contribution in [0.25, 0.3) is 0 Å². The maximum absolute atomic E-state index is 11.6. The Morgan fingerprint density at radius 1 is 1.35 bits per heavy atom. The number of hydrogen-bond donors (Lipinski definition) is 0. The number of hydrogen-bond acceptors (Lipinski definition) is 3. The van der Waals surface area contributed by atoms with E-state index >= 15 is 0 Å². The Kier molecular flexibility index (Phi) is 3.66. The number of halogens is 1. The summed E-state index contributed by atoms with van der Waals surface area (Å²) in [6.07, 6.45) is 6.52. The van der Waals surface area contributed by atoms with Gasteiger partial charge in [-0.15, -0.1) is 0 Å². The molecule has 1 unspecified atom stereocenters. The van der Waals surface area contributed by atoms with Crippen LogP contribution in [0.2, 0.25) is 0 Å². The summed E-state index contributed by atoms with van der Waals surface area (Å²) < 4.78 is 23.1. The lowest BCUT2D eigenvalue weighted by atomic mass is 9.82. The van der Waals surface area contributed by atoms with E-state index in [-0.39, 0.29) is 0 Å².